The van der Waals surface area contributed by atoms with Crippen molar-refractivity contribution in [1.82, 2.24) is 4.90 Å². The molecule has 0 aliphatic carbocycles. The van der Waals surface area contributed by atoms with E-state index < -0.39 is 17.8 Å². The first-order valence-electron chi connectivity index (χ1n) is 11.4. The summed E-state index contributed by atoms with van der Waals surface area (Å²) in [5.74, 6) is -1.14. The summed E-state index contributed by atoms with van der Waals surface area (Å²) in [5, 5.41) is 10.1. The lowest BCUT2D eigenvalue weighted by molar-refractivity contribution is -0.139. The average Bonchev–Trinajstić information content (AvgIpc) is 3.38. The number of amides is 2. The van der Waals surface area contributed by atoms with Crippen LogP contribution in [-0.2, 0) is 20.9 Å². The summed E-state index contributed by atoms with van der Waals surface area (Å²) < 4.78 is 11.3. The Kier molecular flexibility index (Phi) is 7.96. The van der Waals surface area contributed by atoms with Gasteiger partial charge in [-0.1, -0.05) is 47.5 Å². The van der Waals surface area contributed by atoms with Crippen molar-refractivity contribution >= 4 is 47.1 Å². The molecular formula is C29H20Cl2N2O5. The molecule has 0 atom stereocenters. The lowest BCUT2D eigenvalue weighted by atomic mass is 9.94. The minimum atomic E-state index is -0.665. The van der Waals surface area contributed by atoms with Gasteiger partial charge >= 0.3 is 5.97 Å². The fourth-order valence-electron chi connectivity index (χ4n) is 3.82. The summed E-state index contributed by atoms with van der Waals surface area (Å²) in [7, 11) is 0. The number of nitriles is 1. The second-order valence-electron chi connectivity index (χ2n) is 8.24. The van der Waals surface area contributed by atoms with Crippen molar-refractivity contribution < 1.29 is 23.5 Å². The number of hydrogen-bond acceptors (Lipinski definition) is 6. The molecule has 190 valence electrons. The standard InChI is InChI=1S/C29H20Cl2N2O5/c1-3-12-33-27(34)21(17(2)23(15-32)28(33)35)14-20-9-11-26(38-20)18-8-10-25(31)22(13-18)29(36)37-16-19-6-4-5-7-24(19)30/h3-11,13-14H,1,12,16H2,2H3/b21-14-. The van der Waals surface area contributed by atoms with Crippen LogP contribution in [0, 0.1) is 11.3 Å². The Morgan fingerprint density at radius 1 is 1.11 bits per heavy atom. The molecule has 3 aromatic rings. The van der Waals surface area contributed by atoms with Crippen LogP contribution in [0.4, 0.5) is 0 Å². The van der Waals surface area contributed by atoms with E-state index in [4.69, 9.17) is 32.4 Å². The summed E-state index contributed by atoms with van der Waals surface area (Å²) >= 11 is 12.4. The van der Waals surface area contributed by atoms with E-state index in [9.17, 15) is 19.6 Å². The van der Waals surface area contributed by atoms with Gasteiger partial charge in [-0.2, -0.15) is 5.26 Å². The van der Waals surface area contributed by atoms with E-state index in [0.29, 0.717) is 27.7 Å². The van der Waals surface area contributed by atoms with Crippen LogP contribution in [-0.4, -0.2) is 29.2 Å². The van der Waals surface area contributed by atoms with Crippen LogP contribution in [0.2, 0.25) is 10.0 Å². The number of furan rings is 1. The van der Waals surface area contributed by atoms with Gasteiger partial charge in [-0.25, -0.2) is 4.79 Å². The molecule has 1 aromatic heterocycles. The summed E-state index contributed by atoms with van der Waals surface area (Å²) in [6.45, 7) is 5.05. The van der Waals surface area contributed by atoms with Gasteiger partial charge in [0.2, 0.25) is 0 Å². The highest BCUT2D eigenvalue weighted by atomic mass is 35.5. The van der Waals surface area contributed by atoms with Crippen molar-refractivity contribution in [3.05, 3.63) is 111 Å². The molecule has 2 aromatic carbocycles. The molecule has 0 fully saturated rings. The van der Waals surface area contributed by atoms with Gasteiger partial charge in [0, 0.05) is 28.3 Å². The maximum Gasteiger partial charge on any atom is 0.340 e. The van der Waals surface area contributed by atoms with Gasteiger partial charge in [0.15, 0.2) is 0 Å². The van der Waals surface area contributed by atoms with E-state index in [1.54, 1.807) is 54.6 Å². The zero-order valence-electron chi connectivity index (χ0n) is 20.2. The Labute approximate surface area is 228 Å². The molecule has 0 saturated carbocycles. The fourth-order valence-corrected chi connectivity index (χ4v) is 4.21. The largest absolute Gasteiger partial charge is 0.457 e. The smallest absolute Gasteiger partial charge is 0.340 e. The SMILES string of the molecule is C=CCN1C(=O)C(C#N)=C(C)/C(=C/c2ccc(-c3ccc(Cl)c(C(=O)OCc4ccccc4Cl)c3)o2)C1=O. The van der Waals surface area contributed by atoms with E-state index in [1.807, 2.05) is 6.07 Å². The van der Waals surface area contributed by atoms with E-state index in [1.165, 1.54) is 19.1 Å². The maximum atomic E-state index is 13.0. The van der Waals surface area contributed by atoms with Gasteiger partial charge in [-0.3, -0.25) is 14.5 Å². The zero-order valence-corrected chi connectivity index (χ0v) is 21.7. The number of carbonyl (C=O) groups is 3. The van der Waals surface area contributed by atoms with Gasteiger partial charge in [0.1, 0.15) is 29.8 Å². The van der Waals surface area contributed by atoms with Gasteiger partial charge in [-0.15, -0.1) is 6.58 Å². The third kappa shape index (κ3) is 5.32. The molecule has 38 heavy (non-hydrogen) atoms. The molecule has 4 rings (SSSR count). The lowest BCUT2D eigenvalue weighted by Gasteiger charge is -2.26. The Bertz CT molecular complexity index is 1580. The maximum absolute atomic E-state index is 13.0. The molecule has 2 amide bonds. The van der Waals surface area contributed by atoms with E-state index in [2.05, 4.69) is 6.58 Å². The molecule has 2 heterocycles. The molecule has 1 aliphatic rings. The number of imide groups is 1. The minimum absolute atomic E-state index is 0.0194. The number of halogens is 2. The van der Waals surface area contributed by atoms with E-state index >= 15 is 0 Å². The number of rotatable bonds is 7. The molecule has 0 N–H and O–H groups in total. The molecule has 0 radical (unpaired) electrons. The molecule has 0 spiro atoms. The van der Waals surface area contributed by atoms with Crippen LogP contribution in [0.3, 0.4) is 0 Å². The van der Waals surface area contributed by atoms with E-state index in [0.717, 1.165) is 4.90 Å². The number of nitrogens with zero attached hydrogens (tertiary/aromatic N) is 2. The summed E-state index contributed by atoms with van der Waals surface area (Å²) in [6, 6.07) is 17.0. The Morgan fingerprint density at radius 2 is 1.87 bits per heavy atom. The van der Waals surface area contributed by atoms with Crippen molar-refractivity contribution in [3.8, 4) is 17.4 Å². The highest BCUT2D eigenvalue weighted by Crippen LogP contribution is 2.31. The van der Waals surface area contributed by atoms with Crippen LogP contribution < -0.4 is 0 Å². The van der Waals surface area contributed by atoms with Crippen molar-refractivity contribution in [2.75, 3.05) is 6.54 Å². The van der Waals surface area contributed by atoms with Crippen LogP contribution in [0.25, 0.3) is 17.4 Å². The average molecular weight is 547 g/mol. The van der Waals surface area contributed by atoms with Gasteiger partial charge in [0.25, 0.3) is 11.8 Å². The molecule has 9 heteroatoms. The number of carbonyl (C=O) groups excluding carboxylic acids is 3. The van der Waals surface area contributed by atoms with Crippen molar-refractivity contribution in [2.45, 2.75) is 13.5 Å². The van der Waals surface area contributed by atoms with Crippen LogP contribution in [0.5, 0.6) is 0 Å². The normalized spacial score (nSPS) is 14.6. The minimum Gasteiger partial charge on any atom is -0.457 e. The molecule has 7 nitrogen and oxygen atoms in total. The third-order valence-electron chi connectivity index (χ3n) is 5.84. The predicted octanol–water partition coefficient (Wildman–Crippen LogP) is 6.39. The lowest BCUT2D eigenvalue weighted by Crippen LogP contribution is -2.42. The monoisotopic (exact) mass is 546 g/mol. The summed E-state index contributed by atoms with van der Waals surface area (Å²) in [4.78, 5) is 39.1. The highest BCUT2D eigenvalue weighted by Gasteiger charge is 2.34. The number of hydrogen-bond donors (Lipinski definition) is 0. The van der Waals surface area contributed by atoms with Crippen LogP contribution >= 0.6 is 23.2 Å². The van der Waals surface area contributed by atoms with Crippen molar-refractivity contribution in [3.63, 3.8) is 0 Å². The van der Waals surface area contributed by atoms with Gasteiger partial charge < -0.3 is 9.15 Å². The Morgan fingerprint density at radius 3 is 2.58 bits per heavy atom. The Balaban J connectivity index is 1.61. The first-order chi connectivity index (χ1) is 18.2. The summed E-state index contributed by atoms with van der Waals surface area (Å²) in [6.07, 6.45) is 2.88. The first-order valence-corrected chi connectivity index (χ1v) is 12.1. The van der Waals surface area contributed by atoms with Gasteiger partial charge in [-0.05, 0) is 55.0 Å². The number of ether oxygens (including phenoxy) is 1. The Hall–Kier alpha value is -4.38. The highest BCUT2D eigenvalue weighted by molar-refractivity contribution is 6.33. The number of benzene rings is 2. The predicted molar refractivity (Wildman–Crippen MR) is 143 cm³/mol. The van der Waals surface area contributed by atoms with Crippen molar-refractivity contribution in [1.29, 1.82) is 5.26 Å². The summed E-state index contributed by atoms with van der Waals surface area (Å²) in [5.41, 5.74) is 1.65. The van der Waals surface area contributed by atoms with Gasteiger partial charge in [0.05, 0.1) is 10.6 Å². The van der Waals surface area contributed by atoms with Crippen molar-refractivity contribution in [2.24, 2.45) is 0 Å². The topological polar surface area (TPSA) is 101 Å². The van der Waals surface area contributed by atoms with Crippen LogP contribution in [0.15, 0.2) is 88.4 Å². The third-order valence-corrected chi connectivity index (χ3v) is 6.54. The molecule has 1 aliphatic heterocycles. The first kappa shape index (κ1) is 26.7. The fraction of sp³-hybridized carbons (Fsp3) is 0.103. The second-order valence-corrected chi connectivity index (χ2v) is 9.06. The quantitative estimate of drug-likeness (QED) is 0.147. The number of esters is 1. The van der Waals surface area contributed by atoms with Crippen LogP contribution in [0.1, 0.15) is 28.6 Å². The molecule has 0 unspecified atom stereocenters. The molecule has 0 saturated heterocycles. The molecular weight excluding hydrogens is 527 g/mol. The van der Waals surface area contributed by atoms with E-state index in [-0.39, 0.29) is 40.5 Å². The second kappa shape index (κ2) is 11.3. The molecule has 0 bridgehead atoms. The zero-order chi connectivity index (χ0) is 27.4.